The summed E-state index contributed by atoms with van der Waals surface area (Å²) < 4.78 is 28.5. The molecule has 2 aromatic rings. The molecule has 4 atom stereocenters. The van der Waals surface area contributed by atoms with Crippen molar-refractivity contribution in [3.63, 3.8) is 0 Å². The number of hydrogen-bond acceptors (Lipinski definition) is 9. The molecular weight excluding hydrogens is 735 g/mol. The summed E-state index contributed by atoms with van der Waals surface area (Å²) in [6.07, 6.45) is 0.221. The van der Waals surface area contributed by atoms with Crippen molar-refractivity contribution in [2.75, 3.05) is 12.3 Å². The first-order valence-corrected chi connectivity index (χ1v) is 22.7. The van der Waals surface area contributed by atoms with E-state index in [9.17, 15) is 14.9 Å². The fraction of sp³-hybridized carbons (Fsp3) is 0.688. The smallest absolute Gasteiger partial charge is 0.351 e. The van der Waals surface area contributed by atoms with Gasteiger partial charge in [-0.1, -0.05) is 55.4 Å². The Morgan fingerprint density at radius 3 is 2.28 bits per heavy atom. The second-order valence-electron chi connectivity index (χ2n) is 15.6. The van der Waals surface area contributed by atoms with Gasteiger partial charge in [0.05, 0.1) is 35.9 Å². The van der Waals surface area contributed by atoms with Crippen LogP contribution in [-0.4, -0.2) is 49.9 Å². The summed E-state index contributed by atoms with van der Waals surface area (Å²) in [6, 6.07) is 5.09. The lowest BCUT2D eigenvalue weighted by Crippen LogP contribution is -2.48. The first-order chi connectivity index (χ1) is 20.9. The van der Waals surface area contributed by atoms with Gasteiger partial charge in [0.1, 0.15) is 18.1 Å². The minimum Gasteiger partial charge on any atom is -0.414 e. The van der Waals surface area contributed by atoms with Crippen LogP contribution < -0.4 is 11.4 Å². The van der Waals surface area contributed by atoms with Crippen molar-refractivity contribution in [2.24, 2.45) is 5.92 Å². The standard InChI is InChI=1S/C32H53IN4O7Si2/c1-20(2)28(23-14-13-22(33)15-24(23)37(39)40)41-18-21-17-36(30(38)35-29(21)34)27-16-25(44-46(11,12)32(6,7)8)26(43-27)19-42-45(9,10)31(3,4)5/h13-15,17,20,25-28H,16,18-19H2,1-12H3,(H2,34,35,38)/t25-,26-,27-,28?/m1/s1. The quantitative estimate of drug-likeness (QED) is 0.0982. The van der Waals surface area contributed by atoms with Crippen LogP contribution in [0.1, 0.15) is 85.3 Å². The average molecular weight is 789 g/mol. The van der Waals surface area contributed by atoms with Crippen LogP contribution in [0, 0.1) is 19.6 Å². The fourth-order valence-electron chi connectivity index (χ4n) is 4.78. The molecule has 1 unspecified atom stereocenters. The van der Waals surface area contributed by atoms with Gasteiger partial charge in [-0.15, -0.1) is 0 Å². The zero-order chi connectivity index (χ0) is 35.0. The summed E-state index contributed by atoms with van der Waals surface area (Å²) in [7, 11) is -4.27. The molecule has 14 heteroatoms. The van der Waals surface area contributed by atoms with Crippen molar-refractivity contribution in [3.8, 4) is 0 Å². The molecule has 0 radical (unpaired) electrons. The zero-order valence-corrected chi connectivity index (χ0v) is 33.6. The number of aromatic nitrogens is 2. The van der Waals surface area contributed by atoms with E-state index in [2.05, 4.69) is 95.3 Å². The number of nitro benzene ring substituents is 1. The molecular formula is C32H53IN4O7Si2. The van der Waals surface area contributed by atoms with E-state index < -0.39 is 39.6 Å². The van der Waals surface area contributed by atoms with E-state index >= 15 is 0 Å². The third-order valence-corrected chi connectivity index (χ3v) is 19.4. The Morgan fingerprint density at radius 2 is 1.74 bits per heavy atom. The maximum absolute atomic E-state index is 13.2. The minimum atomic E-state index is -2.19. The second kappa shape index (κ2) is 14.4. The predicted octanol–water partition coefficient (Wildman–Crippen LogP) is 7.95. The van der Waals surface area contributed by atoms with Crippen LogP contribution in [0.4, 0.5) is 11.5 Å². The number of hydrogen-bond donors (Lipinski definition) is 1. The topological polar surface area (TPSA) is 141 Å². The minimum absolute atomic E-state index is 0.000226. The zero-order valence-electron chi connectivity index (χ0n) is 29.5. The maximum Gasteiger partial charge on any atom is 0.351 e. The number of halogens is 1. The summed E-state index contributed by atoms with van der Waals surface area (Å²) in [5.41, 5.74) is 6.66. The lowest BCUT2D eigenvalue weighted by Gasteiger charge is -2.40. The van der Waals surface area contributed by atoms with Crippen LogP contribution in [0.3, 0.4) is 0 Å². The molecule has 46 heavy (non-hydrogen) atoms. The Labute approximate surface area is 289 Å². The van der Waals surface area contributed by atoms with Gasteiger partial charge in [-0.2, -0.15) is 4.98 Å². The van der Waals surface area contributed by atoms with Gasteiger partial charge in [-0.3, -0.25) is 14.7 Å². The monoisotopic (exact) mass is 788 g/mol. The number of anilines is 1. The van der Waals surface area contributed by atoms with Crippen molar-refractivity contribution in [2.45, 2.75) is 129 Å². The van der Waals surface area contributed by atoms with Crippen LogP contribution in [0.5, 0.6) is 0 Å². The highest BCUT2D eigenvalue weighted by Crippen LogP contribution is 2.42. The van der Waals surface area contributed by atoms with Gasteiger partial charge in [0.25, 0.3) is 5.69 Å². The van der Waals surface area contributed by atoms with Crippen LogP contribution in [0.2, 0.25) is 36.3 Å². The number of ether oxygens (including phenoxy) is 2. The van der Waals surface area contributed by atoms with E-state index in [0.29, 0.717) is 24.2 Å². The fourth-order valence-corrected chi connectivity index (χ4v) is 7.63. The van der Waals surface area contributed by atoms with E-state index in [1.807, 2.05) is 19.9 Å². The normalized spacial score (nSPS) is 20.3. The van der Waals surface area contributed by atoms with E-state index in [1.165, 1.54) is 10.6 Å². The van der Waals surface area contributed by atoms with Crippen LogP contribution in [0.15, 0.2) is 29.2 Å². The first kappa shape index (κ1) is 38.7. The van der Waals surface area contributed by atoms with E-state index in [1.54, 1.807) is 12.3 Å². The van der Waals surface area contributed by atoms with Crippen molar-refractivity contribution in [1.82, 2.24) is 9.55 Å². The summed E-state index contributed by atoms with van der Waals surface area (Å²) in [5.74, 6) is -0.0299. The van der Waals surface area contributed by atoms with Crippen LogP contribution in [-0.2, 0) is 24.9 Å². The van der Waals surface area contributed by atoms with E-state index in [0.717, 1.165) is 3.57 Å². The second-order valence-corrected chi connectivity index (χ2v) is 26.4. The highest BCUT2D eigenvalue weighted by Gasteiger charge is 2.47. The molecule has 0 saturated carbocycles. The number of rotatable bonds is 12. The van der Waals surface area contributed by atoms with Gasteiger partial charge in [-0.25, -0.2) is 4.79 Å². The third-order valence-electron chi connectivity index (χ3n) is 9.74. The van der Waals surface area contributed by atoms with Gasteiger partial charge in [0.2, 0.25) is 0 Å². The van der Waals surface area contributed by atoms with Crippen molar-refractivity contribution in [3.05, 3.63) is 59.7 Å². The molecule has 0 amide bonds. The van der Waals surface area contributed by atoms with E-state index in [4.69, 9.17) is 24.1 Å². The van der Waals surface area contributed by atoms with E-state index in [-0.39, 0.29) is 46.3 Å². The lowest BCUT2D eigenvalue weighted by atomic mass is 9.97. The van der Waals surface area contributed by atoms with Gasteiger partial charge in [0.15, 0.2) is 16.6 Å². The van der Waals surface area contributed by atoms with Gasteiger partial charge in [0, 0.05) is 27.8 Å². The Kier molecular flexibility index (Phi) is 12.1. The number of benzene rings is 1. The Bertz CT molecular complexity index is 1450. The van der Waals surface area contributed by atoms with Gasteiger partial charge < -0.3 is 24.1 Å². The Hall–Kier alpha value is -1.70. The maximum atomic E-state index is 13.2. The highest BCUT2D eigenvalue weighted by atomic mass is 127. The molecule has 1 aromatic heterocycles. The number of nitrogen functional groups attached to an aromatic ring is 1. The molecule has 11 nitrogen and oxygen atoms in total. The summed E-state index contributed by atoms with van der Waals surface area (Å²) in [4.78, 5) is 28.8. The van der Waals surface area contributed by atoms with Crippen molar-refractivity contribution < 1.29 is 23.2 Å². The molecule has 2 heterocycles. The molecule has 0 bridgehead atoms. The molecule has 3 rings (SSSR count). The summed E-state index contributed by atoms with van der Waals surface area (Å²) in [5, 5.41) is 11.9. The van der Waals surface area contributed by atoms with Crippen molar-refractivity contribution >= 4 is 50.7 Å². The molecule has 1 aliphatic rings. The van der Waals surface area contributed by atoms with Crippen LogP contribution in [0.25, 0.3) is 0 Å². The molecule has 1 aromatic carbocycles. The third kappa shape index (κ3) is 9.05. The molecule has 1 aliphatic heterocycles. The molecule has 0 aliphatic carbocycles. The Balaban J connectivity index is 1.92. The average Bonchev–Trinajstić information content (AvgIpc) is 3.29. The highest BCUT2D eigenvalue weighted by molar-refractivity contribution is 14.1. The summed E-state index contributed by atoms with van der Waals surface area (Å²) >= 11 is 2.05. The first-order valence-electron chi connectivity index (χ1n) is 15.9. The van der Waals surface area contributed by atoms with Crippen molar-refractivity contribution in [1.29, 1.82) is 0 Å². The number of nitrogens with two attached hydrogens (primary N) is 1. The van der Waals surface area contributed by atoms with Crippen LogP contribution >= 0.6 is 22.6 Å². The lowest BCUT2D eigenvalue weighted by molar-refractivity contribution is -0.386. The van der Waals surface area contributed by atoms with Gasteiger partial charge >= 0.3 is 5.69 Å². The largest absolute Gasteiger partial charge is 0.414 e. The molecule has 258 valence electrons. The van der Waals surface area contributed by atoms with Gasteiger partial charge in [-0.05, 0) is 76.9 Å². The Morgan fingerprint density at radius 1 is 1.13 bits per heavy atom. The number of nitro groups is 1. The SMILES string of the molecule is CC(C)C(OCc1cn([C@H]2C[C@@H](O[Si](C)(C)C(C)(C)C)[C@@H](CO[Si](C)(C)C(C)(C)C)O2)c(=O)nc1N)c1ccc(I)cc1[N+](=O)[O-]. The summed E-state index contributed by atoms with van der Waals surface area (Å²) in [6.45, 7) is 26.3. The molecule has 2 N–H and O–H groups in total. The predicted molar refractivity (Wildman–Crippen MR) is 195 cm³/mol. The number of nitrogens with zero attached hydrogens (tertiary/aromatic N) is 3. The molecule has 1 fully saturated rings. The molecule has 1 saturated heterocycles. The molecule has 0 spiro atoms.